The first-order chi connectivity index (χ1) is 7.35. The normalized spacial score (nSPS) is 11.1. The van der Waals surface area contributed by atoms with Gasteiger partial charge in [-0.3, -0.25) is 4.98 Å². The molecule has 0 atom stereocenters. The highest BCUT2D eigenvalue weighted by Crippen LogP contribution is 2.25. The molecule has 1 nitrogen and oxygen atoms in total. The molecular formula is C14H17N. The maximum Gasteiger partial charge on any atom is 0.0702 e. The average molecular weight is 199 g/mol. The second kappa shape index (κ2) is 4.43. The molecule has 2 rings (SSSR count). The Kier molecular flexibility index (Phi) is 3.00. The van der Waals surface area contributed by atoms with Crippen LogP contribution in [0.5, 0.6) is 0 Å². The van der Waals surface area contributed by atoms with Crippen molar-refractivity contribution >= 4 is 10.9 Å². The molecule has 1 aromatic heterocycles. The Morgan fingerprint density at radius 1 is 1.13 bits per heavy atom. The molecule has 0 radical (unpaired) electrons. The van der Waals surface area contributed by atoms with E-state index in [4.69, 9.17) is 0 Å². The van der Waals surface area contributed by atoms with E-state index in [0.29, 0.717) is 5.92 Å². The zero-order chi connectivity index (χ0) is 10.7. The van der Waals surface area contributed by atoms with Gasteiger partial charge in [0.05, 0.1) is 5.52 Å². The number of rotatable bonds is 3. The van der Waals surface area contributed by atoms with Crippen molar-refractivity contribution in [2.24, 2.45) is 0 Å². The molecule has 0 amide bonds. The molecule has 0 fully saturated rings. The van der Waals surface area contributed by atoms with E-state index in [9.17, 15) is 0 Å². The lowest BCUT2D eigenvalue weighted by molar-refractivity contribution is 0.642. The van der Waals surface area contributed by atoms with Crippen molar-refractivity contribution < 1.29 is 0 Å². The zero-order valence-electron chi connectivity index (χ0n) is 9.40. The van der Waals surface area contributed by atoms with Crippen LogP contribution in [0.2, 0.25) is 0 Å². The minimum absolute atomic E-state index is 0.689. The maximum atomic E-state index is 4.33. The van der Waals surface area contributed by atoms with E-state index in [1.54, 1.807) is 0 Å². The fourth-order valence-electron chi connectivity index (χ4n) is 2.11. The summed E-state index contributed by atoms with van der Waals surface area (Å²) in [5.74, 6) is 0.689. The molecule has 0 saturated carbocycles. The summed E-state index contributed by atoms with van der Waals surface area (Å²) in [5, 5.41) is 1.25. The summed E-state index contributed by atoms with van der Waals surface area (Å²) in [6.07, 6.45) is 4.27. The molecule has 1 aromatic carbocycles. The summed E-state index contributed by atoms with van der Waals surface area (Å²) in [5.41, 5.74) is 2.53. The fourth-order valence-corrected chi connectivity index (χ4v) is 2.11. The lowest BCUT2D eigenvalue weighted by Crippen LogP contribution is -1.95. The molecule has 0 aliphatic rings. The fraction of sp³-hybridized carbons (Fsp3) is 0.357. The molecule has 0 N–H and O–H groups in total. The lowest BCUT2D eigenvalue weighted by atomic mass is 9.93. The van der Waals surface area contributed by atoms with Crippen molar-refractivity contribution in [2.45, 2.75) is 32.6 Å². The van der Waals surface area contributed by atoms with Gasteiger partial charge in [-0.15, -0.1) is 0 Å². The summed E-state index contributed by atoms with van der Waals surface area (Å²) in [6.45, 7) is 4.50. The number of benzene rings is 1. The standard InChI is InChI=1S/C14H17N/c1-3-11(4-2)12-7-8-14-13(10-12)6-5-9-15-14/h5-11H,3-4H2,1-2H3. The van der Waals surface area contributed by atoms with Crippen molar-refractivity contribution in [2.75, 3.05) is 0 Å². The molecule has 0 aliphatic heterocycles. The van der Waals surface area contributed by atoms with Crippen molar-refractivity contribution in [3.63, 3.8) is 0 Å². The van der Waals surface area contributed by atoms with Crippen molar-refractivity contribution in [1.82, 2.24) is 4.98 Å². The molecule has 1 heteroatoms. The number of pyridine rings is 1. The van der Waals surface area contributed by atoms with Crippen LogP contribution in [-0.2, 0) is 0 Å². The van der Waals surface area contributed by atoms with Crippen LogP contribution >= 0.6 is 0 Å². The highest BCUT2D eigenvalue weighted by molar-refractivity contribution is 5.79. The van der Waals surface area contributed by atoms with Gasteiger partial charge in [-0.25, -0.2) is 0 Å². The minimum Gasteiger partial charge on any atom is -0.256 e. The van der Waals surface area contributed by atoms with Gasteiger partial charge < -0.3 is 0 Å². The molecule has 0 saturated heterocycles. The molecular weight excluding hydrogens is 182 g/mol. The Labute approximate surface area is 91.2 Å². The Hall–Kier alpha value is -1.37. The van der Waals surface area contributed by atoms with Crippen LogP contribution in [-0.4, -0.2) is 4.98 Å². The van der Waals surface area contributed by atoms with Gasteiger partial charge in [-0.1, -0.05) is 26.0 Å². The van der Waals surface area contributed by atoms with E-state index in [-0.39, 0.29) is 0 Å². The molecule has 15 heavy (non-hydrogen) atoms. The van der Waals surface area contributed by atoms with Crippen LogP contribution in [0.25, 0.3) is 10.9 Å². The van der Waals surface area contributed by atoms with Crippen LogP contribution < -0.4 is 0 Å². The van der Waals surface area contributed by atoms with E-state index in [0.717, 1.165) is 5.52 Å². The van der Waals surface area contributed by atoms with Crippen LogP contribution in [0.15, 0.2) is 36.5 Å². The molecule has 1 heterocycles. The Morgan fingerprint density at radius 3 is 2.67 bits per heavy atom. The molecule has 78 valence electrons. The molecule has 2 aromatic rings. The van der Waals surface area contributed by atoms with Crippen LogP contribution in [0.4, 0.5) is 0 Å². The van der Waals surface area contributed by atoms with Crippen LogP contribution in [0.1, 0.15) is 38.2 Å². The SMILES string of the molecule is CCC(CC)c1ccc2ncccc2c1. The van der Waals surface area contributed by atoms with Gasteiger partial charge in [0.15, 0.2) is 0 Å². The van der Waals surface area contributed by atoms with Crippen molar-refractivity contribution in [1.29, 1.82) is 0 Å². The average Bonchev–Trinajstić information content (AvgIpc) is 2.30. The molecule has 0 spiro atoms. The first-order valence-corrected chi connectivity index (χ1v) is 5.69. The number of hydrogen-bond acceptors (Lipinski definition) is 1. The monoisotopic (exact) mass is 199 g/mol. The van der Waals surface area contributed by atoms with Crippen molar-refractivity contribution in [3.8, 4) is 0 Å². The highest BCUT2D eigenvalue weighted by atomic mass is 14.6. The summed E-state index contributed by atoms with van der Waals surface area (Å²) in [7, 11) is 0. The second-order valence-corrected chi connectivity index (χ2v) is 3.97. The third-order valence-corrected chi connectivity index (χ3v) is 3.08. The van der Waals surface area contributed by atoms with E-state index in [1.165, 1.54) is 23.8 Å². The van der Waals surface area contributed by atoms with E-state index in [1.807, 2.05) is 12.3 Å². The quantitative estimate of drug-likeness (QED) is 0.724. The van der Waals surface area contributed by atoms with Gasteiger partial charge in [0, 0.05) is 11.6 Å². The Bertz CT molecular complexity index is 444. The predicted octanol–water partition coefficient (Wildman–Crippen LogP) is 4.14. The van der Waals surface area contributed by atoms with Gasteiger partial charge in [0.1, 0.15) is 0 Å². The number of fused-ring (bicyclic) bond motifs is 1. The third-order valence-electron chi connectivity index (χ3n) is 3.08. The van der Waals surface area contributed by atoms with E-state index >= 15 is 0 Å². The maximum absolute atomic E-state index is 4.33. The smallest absolute Gasteiger partial charge is 0.0702 e. The van der Waals surface area contributed by atoms with Gasteiger partial charge >= 0.3 is 0 Å². The van der Waals surface area contributed by atoms with Gasteiger partial charge in [0.2, 0.25) is 0 Å². The first-order valence-electron chi connectivity index (χ1n) is 5.69. The van der Waals surface area contributed by atoms with Crippen LogP contribution in [0.3, 0.4) is 0 Å². The van der Waals surface area contributed by atoms with E-state index < -0.39 is 0 Å². The molecule has 0 unspecified atom stereocenters. The Morgan fingerprint density at radius 2 is 1.93 bits per heavy atom. The van der Waals surface area contributed by atoms with Crippen molar-refractivity contribution in [3.05, 3.63) is 42.1 Å². The summed E-state index contributed by atoms with van der Waals surface area (Å²) in [4.78, 5) is 4.33. The van der Waals surface area contributed by atoms with E-state index in [2.05, 4.69) is 43.1 Å². The van der Waals surface area contributed by atoms with Gasteiger partial charge in [0.25, 0.3) is 0 Å². The summed E-state index contributed by atoms with van der Waals surface area (Å²) in [6, 6.07) is 10.8. The Balaban J connectivity index is 2.46. The minimum atomic E-state index is 0.689. The largest absolute Gasteiger partial charge is 0.256 e. The van der Waals surface area contributed by atoms with Gasteiger partial charge in [-0.2, -0.15) is 0 Å². The number of hydrogen-bond donors (Lipinski definition) is 0. The summed E-state index contributed by atoms with van der Waals surface area (Å²) < 4.78 is 0. The van der Waals surface area contributed by atoms with Crippen LogP contribution in [0, 0.1) is 0 Å². The molecule has 0 bridgehead atoms. The second-order valence-electron chi connectivity index (χ2n) is 3.97. The lowest BCUT2D eigenvalue weighted by Gasteiger charge is -2.13. The summed E-state index contributed by atoms with van der Waals surface area (Å²) >= 11 is 0. The predicted molar refractivity (Wildman–Crippen MR) is 65.1 cm³/mol. The highest BCUT2D eigenvalue weighted by Gasteiger charge is 2.06. The number of aromatic nitrogens is 1. The topological polar surface area (TPSA) is 12.9 Å². The number of nitrogens with zero attached hydrogens (tertiary/aromatic N) is 1. The molecule has 0 aliphatic carbocycles. The van der Waals surface area contributed by atoms with Gasteiger partial charge in [-0.05, 0) is 42.5 Å². The zero-order valence-corrected chi connectivity index (χ0v) is 9.40. The third kappa shape index (κ3) is 2.01. The first kappa shape index (κ1) is 10.2.